The molecule has 0 N–H and O–H groups in total. The lowest BCUT2D eigenvalue weighted by atomic mass is 10.1. The lowest BCUT2D eigenvalue weighted by Gasteiger charge is -2.37. The Morgan fingerprint density at radius 3 is 3.04 bits per heavy atom. The van der Waals surface area contributed by atoms with Crippen LogP contribution in [0.2, 0.25) is 0 Å². The second-order valence-corrected chi connectivity index (χ2v) is 6.09. The standard InChI is InChI=1S/C16H14N2O4S/c1-20-12-4-2-3-10-7-13(22-14(10)12)15(19)18-8-11(9-18)21-16-17-5-6-23-16/h2-7,11H,8-9H2,1H3. The number of fused-ring (bicyclic) bond motifs is 1. The van der Waals surface area contributed by atoms with Gasteiger partial charge in [-0.15, -0.1) is 0 Å². The van der Waals surface area contributed by atoms with Crippen molar-refractivity contribution in [3.05, 3.63) is 41.6 Å². The van der Waals surface area contributed by atoms with Crippen molar-refractivity contribution in [2.24, 2.45) is 0 Å². The quantitative estimate of drug-likeness (QED) is 0.736. The van der Waals surface area contributed by atoms with E-state index in [0.717, 1.165) is 5.39 Å². The summed E-state index contributed by atoms with van der Waals surface area (Å²) in [6.45, 7) is 1.07. The highest BCUT2D eigenvalue weighted by Crippen LogP contribution is 2.30. The normalized spacial score (nSPS) is 14.7. The molecule has 1 saturated heterocycles. The molecule has 0 aliphatic carbocycles. The summed E-state index contributed by atoms with van der Waals surface area (Å²) in [5.74, 6) is 0.801. The molecule has 6 nitrogen and oxygen atoms in total. The number of aromatic nitrogens is 1. The summed E-state index contributed by atoms with van der Waals surface area (Å²) >= 11 is 1.44. The summed E-state index contributed by atoms with van der Waals surface area (Å²) in [6, 6.07) is 7.31. The third kappa shape index (κ3) is 2.53. The molecular formula is C16H14N2O4S. The van der Waals surface area contributed by atoms with Crippen molar-refractivity contribution in [2.45, 2.75) is 6.10 Å². The fraction of sp³-hybridized carbons (Fsp3) is 0.250. The Morgan fingerprint density at radius 2 is 2.30 bits per heavy atom. The van der Waals surface area contributed by atoms with E-state index in [-0.39, 0.29) is 12.0 Å². The molecule has 1 fully saturated rings. The maximum atomic E-state index is 12.5. The number of carbonyl (C=O) groups excluding carboxylic acids is 1. The fourth-order valence-corrected chi connectivity index (χ4v) is 3.10. The molecule has 0 bridgehead atoms. The van der Waals surface area contributed by atoms with Gasteiger partial charge in [0.15, 0.2) is 17.1 Å². The van der Waals surface area contributed by atoms with Gasteiger partial charge in [0.25, 0.3) is 11.1 Å². The Morgan fingerprint density at radius 1 is 1.43 bits per heavy atom. The molecule has 23 heavy (non-hydrogen) atoms. The highest BCUT2D eigenvalue weighted by molar-refractivity contribution is 7.11. The molecule has 1 aromatic carbocycles. The van der Waals surface area contributed by atoms with Gasteiger partial charge in [-0.25, -0.2) is 4.98 Å². The van der Waals surface area contributed by atoms with Crippen molar-refractivity contribution in [3.63, 3.8) is 0 Å². The van der Waals surface area contributed by atoms with Gasteiger partial charge in [-0.1, -0.05) is 23.5 Å². The average molecular weight is 330 g/mol. The number of carbonyl (C=O) groups is 1. The zero-order chi connectivity index (χ0) is 15.8. The van der Waals surface area contributed by atoms with Crippen LogP contribution in [0.1, 0.15) is 10.6 Å². The minimum atomic E-state index is -0.137. The summed E-state index contributed by atoms with van der Waals surface area (Å²) in [5.41, 5.74) is 0.592. The summed E-state index contributed by atoms with van der Waals surface area (Å²) in [7, 11) is 1.58. The van der Waals surface area contributed by atoms with E-state index < -0.39 is 0 Å². The zero-order valence-corrected chi connectivity index (χ0v) is 13.2. The number of furan rings is 1. The van der Waals surface area contributed by atoms with Gasteiger partial charge < -0.3 is 18.8 Å². The van der Waals surface area contributed by atoms with E-state index in [4.69, 9.17) is 13.9 Å². The number of methoxy groups -OCH3 is 1. The molecule has 2 aromatic heterocycles. The second kappa shape index (κ2) is 5.58. The van der Waals surface area contributed by atoms with Gasteiger partial charge in [-0.3, -0.25) is 4.79 Å². The fourth-order valence-electron chi connectivity index (χ4n) is 2.55. The lowest BCUT2D eigenvalue weighted by molar-refractivity contribution is 0.0156. The van der Waals surface area contributed by atoms with Gasteiger partial charge in [0.1, 0.15) is 6.10 Å². The van der Waals surface area contributed by atoms with Crippen LogP contribution in [-0.2, 0) is 0 Å². The molecule has 0 unspecified atom stereocenters. The van der Waals surface area contributed by atoms with Crippen molar-refractivity contribution in [1.29, 1.82) is 0 Å². The topological polar surface area (TPSA) is 64.8 Å². The number of hydrogen-bond donors (Lipinski definition) is 0. The lowest BCUT2D eigenvalue weighted by Crippen LogP contribution is -2.56. The van der Waals surface area contributed by atoms with Gasteiger partial charge in [0.2, 0.25) is 0 Å². The molecule has 3 heterocycles. The second-order valence-electron chi connectivity index (χ2n) is 5.24. The molecule has 4 rings (SSSR count). The van der Waals surface area contributed by atoms with E-state index in [0.29, 0.717) is 35.4 Å². The third-order valence-corrected chi connectivity index (χ3v) is 4.41. The molecule has 1 aliphatic rings. The van der Waals surface area contributed by atoms with Crippen LogP contribution in [0.4, 0.5) is 0 Å². The summed E-state index contributed by atoms with van der Waals surface area (Å²) in [4.78, 5) is 18.2. The Bertz CT molecular complexity index is 837. The number of hydrogen-bond acceptors (Lipinski definition) is 6. The molecule has 0 radical (unpaired) electrons. The average Bonchev–Trinajstić information content (AvgIpc) is 3.18. The van der Waals surface area contributed by atoms with Crippen LogP contribution < -0.4 is 9.47 Å². The summed E-state index contributed by atoms with van der Waals surface area (Å²) in [6.07, 6.45) is 1.69. The van der Waals surface area contributed by atoms with Crippen LogP contribution >= 0.6 is 11.3 Å². The molecule has 1 aliphatic heterocycles. The Balaban J connectivity index is 1.46. The predicted octanol–water partition coefficient (Wildman–Crippen LogP) is 2.80. The Labute approximate surface area is 136 Å². The van der Waals surface area contributed by atoms with Gasteiger partial charge in [-0.05, 0) is 12.1 Å². The minimum absolute atomic E-state index is 0.0102. The smallest absolute Gasteiger partial charge is 0.289 e. The van der Waals surface area contributed by atoms with Gasteiger partial charge >= 0.3 is 0 Å². The van der Waals surface area contributed by atoms with Crippen molar-refractivity contribution in [3.8, 4) is 10.9 Å². The SMILES string of the molecule is COc1cccc2cc(C(=O)N3CC(Oc4nccs4)C3)oc12. The highest BCUT2D eigenvalue weighted by Gasteiger charge is 2.34. The van der Waals surface area contributed by atoms with E-state index in [2.05, 4.69) is 4.98 Å². The van der Waals surface area contributed by atoms with Gasteiger partial charge in [0.05, 0.1) is 20.2 Å². The predicted molar refractivity (Wildman–Crippen MR) is 85.2 cm³/mol. The maximum Gasteiger partial charge on any atom is 0.289 e. The van der Waals surface area contributed by atoms with Crippen molar-refractivity contribution in [2.75, 3.05) is 20.2 Å². The number of thiazole rings is 1. The van der Waals surface area contributed by atoms with Gasteiger partial charge in [-0.2, -0.15) is 0 Å². The Hall–Kier alpha value is -2.54. The molecule has 0 saturated carbocycles. The molecule has 7 heteroatoms. The molecule has 3 aromatic rings. The number of nitrogens with zero attached hydrogens (tertiary/aromatic N) is 2. The first-order valence-electron chi connectivity index (χ1n) is 7.16. The molecular weight excluding hydrogens is 316 g/mol. The zero-order valence-electron chi connectivity index (χ0n) is 12.4. The number of likely N-dealkylation sites (tertiary alicyclic amines) is 1. The Kier molecular flexibility index (Phi) is 3.42. The first-order chi connectivity index (χ1) is 11.2. The van der Waals surface area contributed by atoms with Crippen LogP contribution in [0.15, 0.2) is 40.3 Å². The summed E-state index contributed by atoms with van der Waals surface area (Å²) in [5, 5.41) is 3.35. The van der Waals surface area contributed by atoms with E-state index in [1.165, 1.54) is 11.3 Å². The van der Waals surface area contributed by atoms with Gasteiger partial charge in [0, 0.05) is 17.0 Å². The first kappa shape index (κ1) is 14.1. The monoisotopic (exact) mass is 330 g/mol. The van der Waals surface area contributed by atoms with E-state index >= 15 is 0 Å². The molecule has 1 amide bonds. The van der Waals surface area contributed by atoms with Crippen LogP contribution in [0.3, 0.4) is 0 Å². The molecule has 0 atom stereocenters. The number of ether oxygens (including phenoxy) is 2. The van der Waals surface area contributed by atoms with Crippen LogP contribution in [0, 0.1) is 0 Å². The molecule has 118 valence electrons. The van der Waals surface area contributed by atoms with Crippen molar-refractivity contribution >= 4 is 28.2 Å². The number of amides is 1. The van der Waals surface area contributed by atoms with E-state index in [1.807, 2.05) is 23.6 Å². The van der Waals surface area contributed by atoms with Crippen LogP contribution in [0.25, 0.3) is 11.0 Å². The maximum absolute atomic E-state index is 12.5. The summed E-state index contributed by atoms with van der Waals surface area (Å²) < 4.78 is 16.6. The van der Waals surface area contributed by atoms with Crippen molar-refractivity contribution in [1.82, 2.24) is 9.88 Å². The number of para-hydroxylation sites is 1. The minimum Gasteiger partial charge on any atom is -0.493 e. The largest absolute Gasteiger partial charge is 0.493 e. The van der Waals surface area contributed by atoms with E-state index in [9.17, 15) is 4.79 Å². The van der Waals surface area contributed by atoms with Crippen molar-refractivity contribution < 1.29 is 18.7 Å². The number of rotatable bonds is 4. The number of benzene rings is 1. The highest BCUT2D eigenvalue weighted by atomic mass is 32.1. The molecule has 0 spiro atoms. The van der Waals surface area contributed by atoms with Crippen LogP contribution in [0.5, 0.6) is 10.9 Å². The first-order valence-corrected chi connectivity index (χ1v) is 8.04. The van der Waals surface area contributed by atoms with E-state index in [1.54, 1.807) is 24.3 Å². The third-order valence-electron chi connectivity index (χ3n) is 3.75. The van der Waals surface area contributed by atoms with Crippen LogP contribution in [-0.4, -0.2) is 42.1 Å².